The molecule has 1 unspecified atom stereocenters. The molecule has 0 aliphatic heterocycles. The summed E-state index contributed by atoms with van der Waals surface area (Å²) in [5.74, 6) is 0.827. The molecule has 0 heterocycles. The second-order valence-corrected chi connectivity index (χ2v) is 8.63. The minimum atomic E-state index is -0.792. The van der Waals surface area contributed by atoms with Crippen LogP contribution in [-0.2, 0) is 4.79 Å². The van der Waals surface area contributed by atoms with Crippen molar-refractivity contribution >= 4 is 11.7 Å². The van der Waals surface area contributed by atoms with E-state index >= 15 is 0 Å². The fourth-order valence-corrected chi connectivity index (χ4v) is 4.12. The molecule has 1 saturated carbocycles. The average Bonchev–Trinajstić information content (AvgIpc) is 2.62. The number of aliphatic carboxylic acids is 1. The molecule has 1 aliphatic rings. The molecule has 0 radical (unpaired) electrons. The Hall–Kier alpha value is -1.71. The Morgan fingerprint density at radius 3 is 2.44 bits per heavy atom. The Labute approximate surface area is 164 Å². The first-order valence-corrected chi connectivity index (χ1v) is 10.7. The van der Waals surface area contributed by atoms with Gasteiger partial charge in [-0.15, -0.1) is 0 Å². The zero-order valence-corrected chi connectivity index (χ0v) is 17.3. The van der Waals surface area contributed by atoms with E-state index in [4.69, 9.17) is 4.74 Å². The number of carboxylic acids is 1. The van der Waals surface area contributed by atoms with Crippen LogP contribution in [0, 0.1) is 5.92 Å². The molecule has 2 rings (SSSR count). The molecule has 0 saturated heterocycles. The Balaban J connectivity index is 1.88. The van der Waals surface area contributed by atoms with Crippen LogP contribution in [0.5, 0.6) is 5.75 Å². The van der Waals surface area contributed by atoms with Crippen molar-refractivity contribution in [3.05, 3.63) is 24.3 Å². The van der Waals surface area contributed by atoms with Gasteiger partial charge in [0.1, 0.15) is 17.4 Å². The van der Waals surface area contributed by atoms with E-state index in [0.29, 0.717) is 6.42 Å². The summed E-state index contributed by atoms with van der Waals surface area (Å²) in [4.78, 5) is 11.5. The molecule has 0 amide bonds. The fourth-order valence-electron chi connectivity index (χ4n) is 4.12. The Morgan fingerprint density at radius 1 is 1.19 bits per heavy atom. The van der Waals surface area contributed by atoms with Gasteiger partial charge in [0.2, 0.25) is 0 Å². The number of carboxylic acid groups (broad SMARTS) is 1. The number of rotatable bonds is 11. The molecule has 0 bridgehead atoms. The van der Waals surface area contributed by atoms with Gasteiger partial charge >= 0.3 is 5.97 Å². The number of unbranched alkanes of at least 4 members (excludes halogenated alkanes) is 2. The number of carbonyl (C=O) groups is 1. The van der Waals surface area contributed by atoms with Crippen LogP contribution in [0.2, 0.25) is 0 Å². The summed E-state index contributed by atoms with van der Waals surface area (Å²) in [7, 11) is 0. The molecular weight excluding hydrogens is 338 g/mol. The molecule has 152 valence electrons. The van der Waals surface area contributed by atoms with Gasteiger partial charge in [-0.05, 0) is 56.9 Å². The Kier molecular flexibility index (Phi) is 8.46. The lowest BCUT2D eigenvalue weighted by molar-refractivity contribution is -0.138. The van der Waals surface area contributed by atoms with E-state index in [-0.39, 0.29) is 5.60 Å². The molecule has 0 aromatic heterocycles. The van der Waals surface area contributed by atoms with Crippen molar-refractivity contribution in [3.63, 3.8) is 0 Å². The van der Waals surface area contributed by atoms with Gasteiger partial charge in [0, 0.05) is 5.69 Å². The zero-order valence-electron chi connectivity index (χ0n) is 17.3. The van der Waals surface area contributed by atoms with Gasteiger partial charge in [0.15, 0.2) is 0 Å². The molecule has 2 N–H and O–H groups in total. The van der Waals surface area contributed by atoms with Crippen LogP contribution < -0.4 is 10.1 Å². The Bertz CT molecular complexity index is 561. The van der Waals surface area contributed by atoms with E-state index in [1.54, 1.807) is 0 Å². The molecule has 1 atom stereocenters. The van der Waals surface area contributed by atoms with Gasteiger partial charge in [0.25, 0.3) is 0 Å². The summed E-state index contributed by atoms with van der Waals surface area (Å²) < 4.78 is 6.25. The topological polar surface area (TPSA) is 58.6 Å². The SMILES string of the molecule is CCCCCC(Nc1ccc(OC(C)(C)CC2CCCCC2)cc1)C(=O)O. The fraction of sp³-hybridized carbons (Fsp3) is 0.696. The number of anilines is 1. The summed E-state index contributed by atoms with van der Waals surface area (Å²) in [5, 5.41) is 12.5. The van der Waals surface area contributed by atoms with E-state index in [0.717, 1.165) is 43.0 Å². The summed E-state index contributed by atoms with van der Waals surface area (Å²) >= 11 is 0. The number of hydrogen-bond donors (Lipinski definition) is 2. The molecule has 1 aromatic carbocycles. The predicted octanol–water partition coefficient (Wildman–Crippen LogP) is 6.26. The normalized spacial score (nSPS) is 16.7. The standard InChI is InChI=1S/C23H37NO3/c1-4-5-7-12-21(22(25)26)24-19-13-15-20(16-14-19)27-23(2,3)17-18-10-8-6-9-11-18/h13-16,18,21,24H,4-12,17H2,1-3H3,(H,25,26). The van der Waals surface area contributed by atoms with Crippen LogP contribution in [0.1, 0.15) is 85.0 Å². The molecule has 1 aliphatic carbocycles. The number of nitrogens with one attached hydrogen (secondary N) is 1. The van der Waals surface area contributed by atoms with Crippen molar-refractivity contribution < 1.29 is 14.6 Å². The van der Waals surface area contributed by atoms with Crippen molar-refractivity contribution in [3.8, 4) is 5.75 Å². The second-order valence-electron chi connectivity index (χ2n) is 8.63. The van der Waals surface area contributed by atoms with Gasteiger partial charge in [-0.1, -0.05) is 58.3 Å². The number of ether oxygens (including phenoxy) is 1. The summed E-state index contributed by atoms with van der Waals surface area (Å²) in [5.41, 5.74) is 0.650. The van der Waals surface area contributed by atoms with Crippen molar-refractivity contribution in [2.75, 3.05) is 5.32 Å². The lowest BCUT2D eigenvalue weighted by Crippen LogP contribution is -2.32. The van der Waals surface area contributed by atoms with Crippen LogP contribution in [0.25, 0.3) is 0 Å². The van der Waals surface area contributed by atoms with E-state index in [1.165, 1.54) is 32.1 Å². The largest absolute Gasteiger partial charge is 0.488 e. The highest BCUT2D eigenvalue weighted by atomic mass is 16.5. The third-order valence-corrected chi connectivity index (χ3v) is 5.49. The minimum absolute atomic E-state index is 0.180. The van der Waals surface area contributed by atoms with Gasteiger partial charge in [-0.25, -0.2) is 4.79 Å². The maximum atomic E-state index is 11.5. The van der Waals surface area contributed by atoms with Crippen molar-refractivity contribution in [2.24, 2.45) is 5.92 Å². The minimum Gasteiger partial charge on any atom is -0.488 e. The first kappa shape index (κ1) is 21.6. The van der Waals surface area contributed by atoms with Crippen molar-refractivity contribution in [1.82, 2.24) is 0 Å². The van der Waals surface area contributed by atoms with Crippen molar-refractivity contribution in [1.29, 1.82) is 0 Å². The van der Waals surface area contributed by atoms with Gasteiger partial charge in [-0.3, -0.25) is 0 Å². The summed E-state index contributed by atoms with van der Waals surface area (Å²) in [6, 6.07) is 7.18. The van der Waals surface area contributed by atoms with E-state index in [2.05, 4.69) is 26.1 Å². The van der Waals surface area contributed by atoms with Gasteiger partial charge < -0.3 is 15.2 Å². The van der Waals surface area contributed by atoms with Crippen LogP contribution >= 0.6 is 0 Å². The number of hydrogen-bond acceptors (Lipinski definition) is 3. The van der Waals surface area contributed by atoms with Crippen LogP contribution in [0.15, 0.2) is 24.3 Å². The second kappa shape index (κ2) is 10.6. The van der Waals surface area contributed by atoms with Crippen LogP contribution in [0.3, 0.4) is 0 Å². The first-order valence-electron chi connectivity index (χ1n) is 10.7. The molecule has 1 aromatic rings. The smallest absolute Gasteiger partial charge is 0.326 e. The van der Waals surface area contributed by atoms with E-state index in [1.807, 2.05) is 24.3 Å². The molecule has 0 spiro atoms. The summed E-state index contributed by atoms with van der Waals surface area (Å²) in [6.07, 6.45) is 11.5. The van der Waals surface area contributed by atoms with Gasteiger partial charge in [0.05, 0.1) is 0 Å². The molecular formula is C23H37NO3. The number of benzene rings is 1. The highest BCUT2D eigenvalue weighted by molar-refractivity contribution is 5.77. The monoisotopic (exact) mass is 375 g/mol. The highest BCUT2D eigenvalue weighted by Gasteiger charge is 2.26. The molecule has 4 nitrogen and oxygen atoms in total. The average molecular weight is 376 g/mol. The zero-order chi connectivity index (χ0) is 19.7. The highest BCUT2D eigenvalue weighted by Crippen LogP contribution is 2.33. The van der Waals surface area contributed by atoms with E-state index < -0.39 is 12.0 Å². The van der Waals surface area contributed by atoms with Crippen molar-refractivity contribution in [2.45, 2.75) is 96.6 Å². The van der Waals surface area contributed by atoms with Gasteiger partial charge in [-0.2, -0.15) is 0 Å². The molecule has 27 heavy (non-hydrogen) atoms. The predicted molar refractivity (Wildman–Crippen MR) is 112 cm³/mol. The first-order chi connectivity index (χ1) is 12.9. The maximum absolute atomic E-state index is 11.5. The maximum Gasteiger partial charge on any atom is 0.326 e. The summed E-state index contributed by atoms with van der Waals surface area (Å²) in [6.45, 7) is 6.46. The molecule has 4 heteroatoms. The lowest BCUT2D eigenvalue weighted by atomic mass is 9.82. The van der Waals surface area contributed by atoms with Crippen LogP contribution in [-0.4, -0.2) is 22.7 Å². The lowest BCUT2D eigenvalue weighted by Gasteiger charge is -2.32. The Morgan fingerprint density at radius 2 is 1.85 bits per heavy atom. The quantitative estimate of drug-likeness (QED) is 0.448. The third kappa shape index (κ3) is 7.82. The molecule has 1 fully saturated rings. The van der Waals surface area contributed by atoms with Crippen LogP contribution in [0.4, 0.5) is 5.69 Å². The third-order valence-electron chi connectivity index (χ3n) is 5.49. The van der Waals surface area contributed by atoms with E-state index in [9.17, 15) is 9.90 Å².